The maximum Gasteiger partial charge on any atom is 0.408 e. The zero-order valence-corrected chi connectivity index (χ0v) is 19.9. The second-order valence-electron chi connectivity index (χ2n) is 8.28. The SMILES string of the molecule is C=C(OCCCC)c1c(OCC)cc(C(C)N(C(=O)O)C(C)(C)C)c(C)c1OCC. The molecule has 170 valence electrons. The lowest BCUT2D eigenvalue weighted by molar-refractivity contribution is 0.0749. The van der Waals surface area contributed by atoms with Gasteiger partial charge in [0, 0.05) is 5.54 Å². The number of hydrogen-bond donors (Lipinski definition) is 1. The Kier molecular flexibility index (Phi) is 9.53. The van der Waals surface area contributed by atoms with Crippen LogP contribution in [0.15, 0.2) is 12.6 Å². The molecule has 1 aromatic rings. The van der Waals surface area contributed by atoms with Crippen LogP contribution < -0.4 is 9.47 Å². The van der Waals surface area contributed by atoms with Crippen molar-refractivity contribution in [3.63, 3.8) is 0 Å². The van der Waals surface area contributed by atoms with Gasteiger partial charge in [0.2, 0.25) is 0 Å². The van der Waals surface area contributed by atoms with Crippen molar-refractivity contribution < 1.29 is 24.1 Å². The predicted molar refractivity (Wildman–Crippen MR) is 121 cm³/mol. The number of benzene rings is 1. The topological polar surface area (TPSA) is 68.2 Å². The molecule has 0 aliphatic heterocycles. The highest BCUT2D eigenvalue weighted by molar-refractivity contribution is 5.74. The van der Waals surface area contributed by atoms with Crippen LogP contribution in [0.5, 0.6) is 11.5 Å². The summed E-state index contributed by atoms with van der Waals surface area (Å²) in [7, 11) is 0. The molecule has 1 atom stereocenters. The summed E-state index contributed by atoms with van der Waals surface area (Å²) in [4.78, 5) is 13.5. The van der Waals surface area contributed by atoms with Gasteiger partial charge in [-0.15, -0.1) is 0 Å². The molecule has 0 aliphatic rings. The van der Waals surface area contributed by atoms with E-state index in [2.05, 4.69) is 13.5 Å². The highest BCUT2D eigenvalue weighted by Gasteiger charge is 2.34. The molecule has 1 amide bonds. The van der Waals surface area contributed by atoms with E-state index in [-0.39, 0.29) is 0 Å². The minimum absolute atomic E-state index is 0.399. The van der Waals surface area contributed by atoms with Crippen LogP contribution in [0.4, 0.5) is 4.79 Å². The Morgan fingerprint density at radius 3 is 2.27 bits per heavy atom. The summed E-state index contributed by atoms with van der Waals surface area (Å²) in [6, 6.07) is 1.50. The summed E-state index contributed by atoms with van der Waals surface area (Å²) < 4.78 is 17.8. The Bertz CT molecular complexity index is 736. The summed E-state index contributed by atoms with van der Waals surface area (Å²) in [5.74, 6) is 1.73. The number of hydrogen-bond acceptors (Lipinski definition) is 4. The molecule has 0 saturated carbocycles. The Morgan fingerprint density at radius 2 is 1.80 bits per heavy atom. The van der Waals surface area contributed by atoms with E-state index in [0.29, 0.717) is 42.6 Å². The van der Waals surface area contributed by atoms with Crippen molar-refractivity contribution in [3.05, 3.63) is 29.3 Å². The smallest absolute Gasteiger partial charge is 0.408 e. The Labute approximate surface area is 181 Å². The first-order valence-electron chi connectivity index (χ1n) is 10.8. The minimum atomic E-state index is -0.971. The fraction of sp³-hybridized carbons (Fsp3) is 0.625. The lowest BCUT2D eigenvalue weighted by Gasteiger charge is -2.39. The highest BCUT2D eigenvalue weighted by atomic mass is 16.5. The van der Waals surface area contributed by atoms with Crippen molar-refractivity contribution in [1.29, 1.82) is 0 Å². The van der Waals surface area contributed by atoms with E-state index in [9.17, 15) is 9.90 Å². The third-order valence-electron chi connectivity index (χ3n) is 4.94. The van der Waals surface area contributed by atoms with Crippen LogP contribution in [0.2, 0.25) is 0 Å². The molecular weight excluding hydrogens is 382 g/mol. The molecule has 0 radical (unpaired) electrons. The molecule has 6 heteroatoms. The number of ether oxygens (including phenoxy) is 3. The van der Waals surface area contributed by atoms with Gasteiger partial charge in [-0.3, -0.25) is 4.90 Å². The van der Waals surface area contributed by atoms with Gasteiger partial charge in [0.05, 0.1) is 25.9 Å². The van der Waals surface area contributed by atoms with E-state index in [1.165, 1.54) is 4.90 Å². The molecule has 0 aliphatic carbocycles. The number of carbonyl (C=O) groups is 1. The molecule has 1 rings (SSSR count). The first kappa shape index (κ1) is 25.7. The molecule has 30 heavy (non-hydrogen) atoms. The van der Waals surface area contributed by atoms with E-state index < -0.39 is 17.7 Å². The van der Waals surface area contributed by atoms with Crippen LogP contribution in [-0.4, -0.2) is 41.5 Å². The van der Waals surface area contributed by atoms with Crippen LogP contribution in [0.3, 0.4) is 0 Å². The summed E-state index contributed by atoms with van der Waals surface area (Å²) >= 11 is 0. The molecule has 0 spiro atoms. The standard InChI is InChI=1S/C24H39NO5/c1-10-13-14-30-18(6)21-20(28-11-2)15-19(16(4)22(21)29-12-3)17(5)25(23(26)27)24(7,8)9/h15,17H,6,10-14H2,1-5,7-9H3,(H,26,27). The van der Waals surface area contributed by atoms with E-state index in [4.69, 9.17) is 14.2 Å². The largest absolute Gasteiger partial charge is 0.493 e. The van der Waals surface area contributed by atoms with Crippen molar-refractivity contribution in [2.45, 2.75) is 79.8 Å². The quantitative estimate of drug-likeness (QED) is 0.330. The second kappa shape index (κ2) is 11.1. The number of unbranched alkanes of at least 4 members (excludes halogenated alkanes) is 1. The molecule has 6 nitrogen and oxygen atoms in total. The monoisotopic (exact) mass is 421 g/mol. The maximum absolute atomic E-state index is 12.0. The zero-order chi connectivity index (χ0) is 23.1. The van der Waals surface area contributed by atoms with E-state index in [0.717, 1.165) is 24.0 Å². The first-order chi connectivity index (χ1) is 14.0. The number of nitrogens with zero attached hydrogens (tertiary/aromatic N) is 1. The van der Waals surface area contributed by atoms with Crippen LogP contribution in [0, 0.1) is 6.92 Å². The van der Waals surface area contributed by atoms with Gasteiger partial charge in [-0.25, -0.2) is 4.79 Å². The molecule has 1 unspecified atom stereocenters. The lowest BCUT2D eigenvalue weighted by atomic mass is 9.93. The Morgan fingerprint density at radius 1 is 1.20 bits per heavy atom. The molecule has 0 saturated heterocycles. The maximum atomic E-state index is 12.0. The molecule has 0 heterocycles. The Hall–Kier alpha value is -2.37. The van der Waals surface area contributed by atoms with Gasteiger partial charge in [0.25, 0.3) is 0 Å². The number of rotatable bonds is 11. The number of carboxylic acid groups (broad SMARTS) is 1. The molecular formula is C24H39NO5. The summed E-state index contributed by atoms with van der Waals surface area (Å²) in [5, 5.41) is 9.87. The van der Waals surface area contributed by atoms with Gasteiger partial charge >= 0.3 is 6.09 Å². The van der Waals surface area contributed by atoms with Gasteiger partial charge in [0.15, 0.2) is 0 Å². The van der Waals surface area contributed by atoms with Gasteiger partial charge in [-0.2, -0.15) is 0 Å². The third-order valence-corrected chi connectivity index (χ3v) is 4.94. The highest BCUT2D eigenvalue weighted by Crippen LogP contribution is 2.43. The van der Waals surface area contributed by atoms with Crippen LogP contribution in [0.1, 0.15) is 84.0 Å². The zero-order valence-electron chi connectivity index (χ0n) is 19.9. The normalized spacial score (nSPS) is 12.3. The number of amides is 1. The summed E-state index contributed by atoms with van der Waals surface area (Å²) in [5.41, 5.74) is 1.82. The molecule has 0 aromatic heterocycles. The molecule has 0 fully saturated rings. The van der Waals surface area contributed by atoms with Gasteiger partial charge in [-0.1, -0.05) is 19.9 Å². The van der Waals surface area contributed by atoms with Crippen molar-refractivity contribution in [2.75, 3.05) is 19.8 Å². The minimum Gasteiger partial charge on any atom is -0.493 e. The lowest BCUT2D eigenvalue weighted by Crippen LogP contribution is -2.46. The van der Waals surface area contributed by atoms with Crippen LogP contribution in [0.25, 0.3) is 5.76 Å². The van der Waals surface area contributed by atoms with E-state index in [1.54, 1.807) is 0 Å². The van der Waals surface area contributed by atoms with Crippen LogP contribution in [-0.2, 0) is 4.74 Å². The molecule has 1 N–H and O–H groups in total. The van der Waals surface area contributed by atoms with Gasteiger partial charge in [0.1, 0.15) is 22.8 Å². The molecule has 0 bridgehead atoms. The van der Waals surface area contributed by atoms with Crippen molar-refractivity contribution in [3.8, 4) is 11.5 Å². The predicted octanol–water partition coefficient (Wildman–Crippen LogP) is 6.42. The molecule has 1 aromatic carbocycles. The van der Waals surface area contributed by atoms with E-state index in [1.807, 2.05) is 54.5 Å². The summed E-state index contributed by atoms with van der Waals surface area (Å²) in [6.07, 6.45) is 0.985. The average Bonchev–Trinajstić information content (AvgIpc) is 2.63. The average molecular weight is 422 g/mol. The van der Waals surface area contributed by atoms with Crippen molar-refractivity contribution in [1.82, 2.24) is 4.90 Å². The van der Waals surface area contributed by atoms with Gasteiger partial charge < -0.3 is 19.3 Å². The fourth-order valence-electron chi connectivity index (χ4n) is 3.63. The second-order valence-corrected chi connectivity index (χ2v) is 8.28. The Balaban J connectivity index is 3.64. The summed E-state index contributed by atoms with van der Waals surface area (Å²) in [6.45, 7) is 21.0. The first-order valence-corrected chi connectivity index (χ1v) is 10.8. The van der Waals surface area contributed by atoms with Crippen molar-refractivity contribution in [2.24, 2.45) is 0 Å². The van der Waals surface area contributed by atoms with Crippen LogP contribution >= 0.6 is 0 Å². The fourth-order valence-corrected chi connectivity index (χ4v) is 3.63. The van der Waals surface area contributed by atoms with Gasteiger partial charge in [-0.05, 0) is 72.1 Å². The van der Waals surface area contributed by atoms with Crippen molar-refractivity contribution >= 4 is 11.9 Å². The van der Waals surface area contributed by atoms with E-state index >= 15 is 0 Å². The third kappa shape index (κ3) is 6.07.